The number of anilines is 1. The van der Waals surface area contributed by atoms with Crippen LogP contribution in [0.25, 0.3) is 0 Å². The van der Waals surface area contributed by atoms with Crippen molar-refractivity contribution in [3.05, 3.63) is 29.8 Å². The summed E-state index contributed by atoms with van der Waals surface area (Å²) < 4.78 is 37.1. The van der Waals surface area contributed by atoms with Crippen LogP contribution in [0.5, 0.6) is 0 Å². The van der Waals surface area contributed by atoms with Gasteiger partial charge in [-0.15, -0.1) is 0 Å². The van der Waals surface area contributed by atoms with E-state index < -0.39 is 23.8 Å². The van der Waals surface area contributed by atoms with Crippen LogP contribution in [0.15, 0.2) is 24.3 Å². The highest BCUT2D eigenvalue weighted by molar-refractivity contribution is 5.93. The van der Waals surface area contributed by atoms with Crippen molar-refractivity contribution < 1.29 is 18.0 Å². The van der Waals surface area contributed by atoms with Crippen molar-refractivity contribution in [3.63, 3.8) is 0 Å². The summed E-state index contributed by atoms with van der Waals surface area (Å²) in [5.74, 6) is -0.185. The number of rotatable bonds is 4. The first-order valence-corrected chi connectivity index (χ1v) is 5.82. The lowest BCUT2D eigenvalue weighted by Crippen LogP contribution is -2.45. The maximum atomic E-state index is 12.4. The molecule has 5 nitrogen and oxygen atoms in total. The van der Waals surface area contributed by atoms with Gasteiger partial charge in [0, 0.05) is 5.69 Å². The lowest BCUT2D eigenvalue weighted by atomic mass is 10.2. The normalized spacial score (nSPS) is 12.6. The predicted octanol–water partition coefficient (Wildman–Crippen LogP) is 2.54. The van der Waals surface area contributed by atoms with E-state index in [4.69, 9.17) is 11.1 Å². The van der Waals surface area contributed by atoms with Gasteiger partial charge in [0.1, 0.15) is 5.84 Å². The largest absolute Gasteiger partial charge is 0.416 e. The summed E-state index contributed by atoms with van der Waals surface area (Å²) in [7, 11) is 0. The third-order valence-corrected chi connectivity index (χ3v) is 2.56. The van der Waals surface area contributed by atoms with Crippen molar-refractivity contribution in [1.29, 1.82) is 5.41 Å². The highest BCUT2D eigenvalue weighted by Gasteiger charge is 2.30. The summed E-state index contributed by atoms with van der Waals surface area (Å²) in [6.07, 6.45) is -3.97. The Labute approximate surface area is 113 Å². The van der Waals surface area contributed by atoms with Crippen LogP contribution in [-0.4, -0.2) is 17.9 Å². The summed E-state index contributed by atoms with van der Waals surface area (Å²) >= 11 is 0. The lowest BCUT2D eigenvalue weighted by molar-refractivity contribution is -0.137. The number of hydrogen-bond donors (Lipinski definition) is 4. The van der Waals surface area contributed by atoms with E-state index in [0.717, 1.165) is 24.3 Å². The molecule has 1 atom stereocenters. The van der Waals surface area contributed by atoms with Gasteiger partial charge in [-0.25, -0.2) is 4.79 Å². The molecule has 1 aromatic carbocycles. The zero-order chi connectivity index (χ0) is 15.3. The van der Waals surface area contributed by atoms with Gasteiger partial charge >= 0.3 is 12.2 Å². The molecule has 0 bridgehead atoms. The monoisotopic (exact) mass is 288 g/mol. The Morgan fingerprint density at radius 1 is 1.35 bits per heavy atom. The van der Waals surface area contributed by atoms with Crippen LogP contribution in [0.3, 0.4) is 0 Å². The van der Waals surface area contributed by atoms with E-state index in [-0.39, 0.29) is 11.5 Å². The Kier molecular flexibility index (Phi) is 4.95. The number of carbonyl (C=O) groups excluding carboxylic acids is 1. The number of amidine groups is 1. The van der Waals surface area contributed by atoms with Crippen LogP contribution >= 0.6 is 0 Å². The summed E-state index contributed by atoms with van der Waals surface area (Å²) in [6.45, 7) is 1.74. The molecule has 1 aromatic rings. The zero-order valence-electron chi connectivity index (χ0n) is 10.7. The summed E-state index contributed by atoms with van der Waals surface area (Å²) in [5, 5.41) is 12.0. The molecule has 0 saturated carbocycles. The second-order valence-electron chi connectivity index (χ2n) is 4.09. The minimum absolute atomic E-state index is 0.185. The lowest BCUT2D eigenvalue weighted by Gasteiger charge is -2.16. The molecule has 0 saturated heterocycles. The highest BCUT2D eigenvalue weighted by atomic mass is 19.4. The second kappa shape index (κ2) is 6.27. The fraction of sp³-hybridized carbons (Fsp3) is 0.333. The van der Waals surface area contributed by atoms with E-state index in [0.29, 0.717) is 6.42 Å². The van der Waals surface area contributed by atoms with Crippen LogP contribution in [0.4, 0.5) is 23.7 Å². The van der Waals surface area contributed by atoms with Gasteiger partial charge in [0.25, 0.3) is 0 Å². The average Bonchev–Trinajstić information content (AvgIpc) is 2.35. The van der Waals surface area contributed by atoms with Gasteiger partial charge in [-0.2, -0.15) is 13.2 Å². The zero-order valence-corrected chi connectivity index (χ0v) is 10.7. The Morgan fingerprint density at radius 3 is 2.30 bits per heavy atom. The molecule has 1 unspecified atom stereocenters. The Hall–Kier alpha value is -2.25. The molecule has 0 aliphatic rings. The van der Waals surface area contributed by atoms with Gasteiger partial charge in [0.05, 0.1) is 11.6 Å². The Morgan fingerprint density at radius 2 is 1.90 bits per heavy atom. The van der Waals surface area contributed by atoms with Crippen molar-refractivity contribution in [2.24, 2.45) is 5.73 Å². The van der Waals surface area contributed by atoms with E-state index in [9.17, 15) is 18.0 Å². The molecule has 1 rings (SSSR count). The molecule has 0 aliphatic heterocycles. The predicted molar refractivity (Wildman–Crippen MR) is 69.6 cm³/mol. The van der Waals surface area contributed by atoms with Gasteiger partial charge in [-0.05, 0) is 30.7 Å². The van der Waals surface area contributed by atoms with Crippen molar-refractivity contribution in [3.8, 4) is 0 Å². The molecule has 5 N–H and O–H groups in total. The quantitative estimate of drug-likeness (QED) is 0.506. The first kappa shape index (κ1) is 15.8. The summed E-state index contributed by atoms with van der Waals surface area (Å²) in [4.78, 5) is 11.6. The van der Waals surface area contributed by atoms with E-state index in [1.54, 1.807) is 6.92 Å². The van der Waals surface area contributed by atoms with Gasteiger partial charge in [-0.3, -0.25) is 5.41 Å². The van der Waals surface area contributed by atoms with Crippen molar-refractivity contribution in [2.75, 3.05) is 5.32 Å². The fourth-order valence-corrected chi connectivity index (χ4v) is 1.47. The molecule has 0 fully saturated rings. The molecule has 0 aliphatic carbocycles. The maximum absolute atomic E-state index is 12.4. The fourth-order valence-electron chi connectivity index (χ4n) is 1.47. The number of urea groups is 1. The number of amides is 2. The smallest absolute Gasteiger partial charge is 0.386 e. The second-order valence-corrected chi connectivity index (χ2v) is 4.09. The minimum atomic E-state index is -4.41. The molecule has 0 spiro atoms. The van der Waals surface area contributed by atoms with Crippen molar-refractivity contribution in [2.45, 2.75) is 25.6 Å². The van der Waals surface area contributed by atoms with E-state index in [1.807, 2.05) is 0 Å². The molecule has 0 radical (unpaired) electrons. The summed E-state index contributed by atoms with van der Waals surface area (Å²) in [5.41, 5.74) is 4.70. The number of benzene rings is 1. The molecule has 8 heteroatoms. The van der Waals surface area contributed by atoms with Gasteiger partial charge in [0.15, 0.2) is 0 Å². The first-order valence-electron chi connectivity index (χ1n) is 5.82. The minimum Gasteiger partial charge on any atom is -0.386 e. The molecule has 110 valence electrons. The van der Waals surface area contributed by atoms with E-state index in [1.165, 1.54) is 0 Å². The number of nitrogens with one attached hydrogen (secondary N) is 3. The molecular formula is C12H15F3N4O. The average molecular weight is 288 g/mol. The van der Waals surface area contributed by atoms with E-state index in [2.05, 4.69) is 10.6 Å². The number of carbonyl (C=O) groups is 1. The third-order valence-electron chi connectivity index (χ3n) is 2.56. The Bertz CT molecular complexity index is 484. The number of nitrogens with two attached hydrogens (primary N) is 1. The van der Waals surface area contributed by atoms with Crippen LogP contribution in [-0.2, 0) is 6.18 Å². The SMILES string of the molecule is CCC(NC(=O)Nc1ccc(C(F)(F)F)cc1)C(=N)N. The van der Waals surface area contributed by atoms with Crippen molar-refractivity contribution >= 4 is 17.6 Å². The van der Waals surface area contributed by atoms with Gasteiger partial charge in [-0.1, -0.05) is 6.92 Å². The van der Waals surface area contributed by atoms with Gasteiger partial charge in [0.2, 0.25) is 0 Å². The molecule has 2 amide bonds. The molecular weight excluding hydrogens is 273 g/mol. The van der Waals surface area contributed by atoms with E-state index >= 15 is 0 Å². The maximum Gasteiger partial charge on any atom is 0.416 e. The van der Waals surface area contributed by atoms with Crippen LogP contribution in [0, 0.1) is 5.41 Å². The molecule has 0 aromatic heterocycles. The van der Waals surface area contributed by atoms with Crippen LogP contribution in [0.2, 0.25) is 0 Å². The summed E-state index contributed by atoms with van der Waals surface area (Å²) in [6, 6.07) is 2.81. The highest BCUT2D eigenvalue weighted by Crippen LogP contribution is 2.29. The third kappa shape index (κ3) is 4.45. The van der Waals surface area contributed by atoms with Crippen molar-refractivity contribution in [1.82, 2.24) is 5.32 Å². The topological polar surface area (TPSA) is 91.0 Å². The van der Waals surface area contributed by atoms with Gasteiger partial charge < -0.3 is 16.4 Å². The number of halogens is 3. The standard InChI is InChI=1S/C12H15F3N4O/c1-2-9(10(16)17)19-11(20)18-8-5-3-7(4-6-8)12(13,14)15/h3-6,9H,2H2,1H3,(H3,16,17)(H2,18,19,20). The number of alkyl halides is 3. The number of hydrogen-bond acceptors (Lipinski definition) is 2. The molecule has 0 heterocycles. The first-order chi connectivity index (χ1) is 9.24. The van der Waals surface area contributed by atoms with Crippen LogP contribution in [0.1, 0.15) is 18.9 Å². The molecule has 20 heavy (non-hydrogen) atoms. The Balaban J connectivity index is 2.65. The van der Waals surface area contributed by atoms with Crippen LogP contribution < -0.4 is 16.4 Å².